The molecule has 2 heterocycles. The highest BCUT2D eigenvalue weighted by molar-refractivity contribution is 7.43. The maximum absolute atomic E-state index is 11.7. The average molecular weight is 289 g/mol. The number of hydrogen-bond acceptors (Lipinski definition) is 6. The Morgan fingerprint density at radius 1 is 1.63 bits per heavy atom. The number of H-pyrrole nitrogens is 1. The third-order valence-electron chi connectivity index (χ3n) is 2.93. The molecule has 9 heteroatoms. The topological polar surface area (TPSA) is 120 Å². The van der Waals surface area contributed by atoms with Crippen molar-refractivity contribution in [2.45, 2.75) is 32.1 Å². The summed E-state index contributed by atoms with van der Waals surface area (Å²) in [7, 11) is -1.90. The Hall–Kier alpha value is -1.05. The van der Waals surface area contributed by atoms with Gasteiger partial charge in [-0.05, 0) is 19.8 Å². The molecule has 1 aliphatic rings. The Morgan fingerprint density at radius 2 is 2.37 bits per heavy atom. The molecule has 1 saturated heterocycles. The zero-order valence-corrected chi connectivity index (χ0v) is 11.3. The van der Waals surface area contributed by atoms with Crippen molar-refractivity contribution in [1.29, 1.82) is 0 Å². The van der Waals surface area contributed by atoms with Crippen LogP contribution in [0.15, 0.2) is 15.8 Å². The van der Waals surface area contributed by atoms with Gasteiger partial charge in [-0.2, -0.15) is 0 Å². The van der Waals surface area contributed by atoms with Gasteiger partial charge in [-0.1, -0.05) is 0 Å². The van der Waals surface area contributed by atoms with Gasteiger partial charge in [0.15, 0.2) is 0 Å². The summed E-state index contributed by atoms with van der Waals surface area (Å²) in [5.74, 6) is 0. The second-order valence-electron chi connectivity index (χ2n) is 4.37. The van der Waals surface area contributed by atoms with E-state index in [1.54, 1.807) is 6.92 Å². The minimum Gasteiger partial charge on any atom is -0.352 e. The Balaban J connectivity index is 2.07. The molecule has 0 amide bonds. The van der Waals surface area contributed by atoms with Crippen molar-refractivity contribution < 1.29 is 14.2 Å². The molecule has 3 atom stereocenters. The average Bonchev–Trinajstić information content (AvgIpc) is 2.80. The molecule has 106 valence electrons. The molecule has 0 saturated carbocycles. The van der Waals surface area contributed by atoms with E-state index in [9.17, 15) is 9.59 Å². The molecular formula is C10H16N3O5P. The highest BCUT2D eigenvalue weighted by Crippen LogP contribution is 2.29. The molecule has 0 aromatic carbocycles. The zero-order valence-electron chi connectivity index (χ0n) is 10.4. The van der Waals surface area contributed by atoms with E-state index in [1.165, 1.54) is 10.8 Å². The van der Waals surface area contributed by atoms with Crippen LogP contribution in [-0.4, -0.2) is 27.2 Å². The van der Waals surface area contributed by atoms with Gasteiger partial charge in [0, 0.05) is 11.8 Å². The maximum atomic E-state index is 11.7. The Morgan fingerprint density at radius 3 is 3.05 bits per heavy atom. The van der Waals surface area contributed by atoms with Gasteiger partial charge in [0.1, 0.15) is 6.23 Å². The van der Waals surface area contributed by atoms with Crippen LogP contribution in [0.1, 0.15) is 24.6 Å². The highest BCUT2D eigenvalue weighted by Gasteiger charge is 2.28. The molecule has 8 nitrogen and oxygen atoms in total. The molecule has 0 radical (unpaired) electrons. The minimum atomic E-state index is -1.90. The van der Waals surface area contributed by atoms with Gasteiger partial charge < -0.3 is 14.2 Å². The standard InChI is InChI=1S/C10H16N3O5P/c1-6-4-13(10(15)12-9(6)14)8-3-2-7(18-8)5-17-19(11)16/h4,7-8,16H,2-3,5,11H2,1H3,(H,12,14,15)/t7-,8+,19?/m0/s1. The van der Waals surface area contributed by atoms with Crippen LogP contribution in [-0.2, 0) is 9.26 Å². The van der Waals surface area contributed by atoms with Crippen LogP contribution in [0.3, 0.4) is 0 Å². The van der Waals surface area contributed by atoms with Crippen LogP contribution in [0, 0.1) is 6.92 Å². The summed E-state index contributed by atoms with van der Waals surface area (Å²) in [6.07, 6.45) is 2.16. The minimum absolute atomic E-state index is 0.187. The van der Waals surface area contributed by atoms with Gasteiger partial charge in [0.25, 0.3) is 5.56 Å². The third kappa shape index (κ3) is 3.49. The van der Waals surface area contributed by atoms with Crippen LogP contribution in [0.4, 0.5) is 0 Å². The molecule has 2 rings (SSSR count). The number of ether oxygens (including phenoxy) is 1. The van der Waals surface area contributed by atoms with Crippen molar-refractivity contribution in [1.82, 2.24) is 9.55 Å². The van der Waals surface area contributed by atoms with Gasteiger partial charge in [0.05, 0.1) is 12.7 Å². The number of aryl methyl sites for hydroxylation is 1. The Labute approximate surface area is 110 Å². The molecule has 0 bridgehead atoms. The van der Waals surface area contributed by atoms with Crippen molar-refractivity contribution >= 4 is 8.53 Å². The molecule has 1 aromatic heterocycles. The van der Waals surface area contributed by atoms with E-state index in [4.69, 9.17) is 19.7 Å². The van der Waals surface area contributed by atoms with Gasteiger partial charge in [0.2, 0.25) is 8.53 Å². The summed E-state index contributed by atoms with van der Waals surface area (Å²) in [5, 5.41) is 0. The fraction of sp³-hybridized carbons (Fsp3) is 0.600. The van der Waals surface area contributed by atoms with E-state index in [1.807, 2.05) is 0 Å². The summed E-state index contributed by atoms with van der Waals surface area (Å²) in [6.45, 7) is 1.81. The summed E-state index contributed by atoms with van der Waals surface area (Å²) in [6, 6.07) is 0. The second kappa shape index (κ2) is 5.94. The van der Waals surface area contributed by atoms with Crippen LogP contribution >= 0.6 is 8.53 Å². The maximum Gasteiger partial charge on any atom is 0.330 e. The molecule has 0 spiro atoms. The number of aromatic amines is 1. The smallest absolute Gasteiger partial charge is 0.330 e. The van der Waals surface area contributed by atoms with Gasteiger partial charge in [-0.3, -0.25) is 19.8 Å². The normalized spacial score (nSPS) is 24.6. The summed E-state index contributed by atoms with van der Waals surface area (Å²) < 4.78 is 11.9. The summed E-state index contributed by atoms with van der Waals surface area (Å²) >= 11 is 0. The van der Waals surface area contributed by atoms with Gasteiger partial charge >= 0.3 is 5.69 Å². The van der Waals surface area contributed by atoms with Gasteiger partial charge in [-0.15, -0.1) is 0 Å². The Kier molecular flexibility index (Phi) is 4.49. The molecule has 0 aliphatic carbocycles. The SMILES string of the molecule is Cc1cn([C@H]2CC[C@@H](COP(N)O)O2)c(=O)[nH]c1=O. The van der Waals surface area contributed by atoms with E-state index < -0.39 is 26.0 Å². The first kappa shape index (κ1) is 14.4. The van der Waals surface area contributed by atoms with Crippen molar-refractivity contribution in [2.75, 3.05) is 6.61 Å². The first-order chi connectivity index (χ1) is 8.97. The van der Waals surface area contributed by atoms with Crippen LogP contribution in [0.25, 0.3) is 0 Å². The molecule has 4 N–H and O–H groups in total. The highest BCUT2D eigenvalue weighted by atomic mass is 31.2. The number of nitrogens with zero attached hydrogens (tertiary/aromatic N) is 1. The number of nitrogens with two attached hydrogens (primary N) is 1. The second-order valence-corrected chi connectivity index (χ2v) is 5.23. The first-order valence-electron chi connectivity index (χ1n) is 5.81. The van der Waals surface area contributed by atoms with E-state index in [0.717, 1.165) is 0 Å². The first-order valence-corrected chi connectivity index (χ1v) is 7.09. The lowest BCUT2D eigenvalue weighted by molar-refractivity contribution is -0.0198. The third-order valence-corrected chi connectivity index (χ3v) is 3.35. The quantitative estimate of drug-likeness (QED) is 0.656. The number of aromatic nitrogens is 2. The van der Waals surface area contributed by atoms with Crippen LogP contribution in [0.5, 0.6) is 0 Å². The molecule has 1 aromatic rings. The van der Waals surface area contributed by atoms with E-state index in [2.05, 4.69) is 4.98 Å². The summed E-state index contributed by atoms with van der Waals surface area (Å²) in [5.41, 5.74) is 4.68. The number of rotatable bonds is 4. The Bertz CT molecular complexity index is 555. The predicted octanol–water partition coefficient (Wildman–Crippen LogP) is -0.283. The van der Waals surface area contributed by atoms with Crippen LogP contribution in [0.2, 0.25) is 0 Å². The lowest BCUT2D eigenvalue weighted by Crippen LogP contribution is -2.33. The van der Waals surface area contributed by atoms with Crippen molar-refractivity contribution in [3.05, 3.63) is 32.6 Å². The lowest BCUT2D eigenvalue weighted by atomic mass is 10.2. The molecule has 1 fully saturated rings. The number of hydrogen-bond donors (Lipinski definition) is 3. The largest absolute Gasteiger partial charge is 0.352 e. The fourth-order valence-electron chi connectivity index (χ4n) is 1.97. The van der Waals surface area contributed by atoms with Gasteiger partial charge in [-0.25, -0.2) is 4.79 Å². The van der Waals surface area contributed by atoms with Crippen molar-refractivity contribution in [2.24, 2.45) is 5.50 Å². The molecule has 19 heavy (non-hydrogen) atoms. The zero-order chi connectivity index (χ0) is 14.0. The molecular weight excluding hydrogens is 273 g/mol. The lowest BCUT2D eigenvalue weighted by Gasteiger charge is -2.16. The van der Waals surface area contributed by atoms with E-state index >= 15 is 0 Å². The monoisotopic (exact) mass is 289 g/mol. The van der Waals surface area contributed by atoms with Crippen LogP contribution < -0.4 is 16.8 Å². The fourth-order valence-corrected chi connectivity index (χ4v) is 2.29. The van der Waals surface area contributed by atoms with E-state index in [0.29, 0.717) is 18.4 Å². The van der Waals surface area contributed by atoms with Crippen molar-refractivity contribution in [3.63, 3.8) is 0 Å². The predicted molar refractivity (Wildman–Crippen MR) is 68.5 cm³/mol. The van der Waals surface area contributed by atoms with E-state index in [-0.39, 0.29) is 12.7 Å². The summed E-state index contributed by atoms with van der Waals surface area (Å²) in [4.78, 5) is 34.1. The molecule has 1 aliphatic heterocycles. The molecule has 1 unspecified atom stereocenters. The number of nitrogens with one attached hydrogen (secondary N) is 1. The van der Waals surface area contributed by atoms with Crippen molar-refractivity contribution in [3.8, 4) is 0 Å².